The molecular formula is C33H51ClSi4. The van der Waals surface area contributed by atoms with E-state index in [-0.39, 0.29) is 0 Å². The van der Waals surface area contributed by atoms with Crippen LogP contribution in [0.15, 0.2) is 36.4 Å². The van der Waals surface area contributed by atoms with Crippen molar-refractivity contribution in [2.75, 3.05) is 0 Å². The second kappa shape index (κ2) is 10.3. The number of benzene rings is 3. The van der Waals surface area contributed by atoms with Crippen molar-refractivity contribution < 1.29 is 0 Å². The molecule has 0 nitrogen and oxygen atoms in total. The van der Waals surface area contributed by atoms with Gasteiger partial charge < -0.3 is 0 Å². The maximum atomic E-state index is 8.69. The van der Waals surface area contributed by atoms with Crippen molar-refractivity contribution in [2.45, 2.75) is 100 Å². The molecule has 0 unspecified atom stereocenters. The molecule has 3 rings (SSSR count). The van der Waals surface area contributed by atoms with Crippen molar-refractivity contribution in [2.24, 2.45) is 0 Å². The summed E-state index contributed by atoms with van der Waals surface area (Å²) in [5.41, 5.74) is 8.26. The molecule has 0 aliphatic carbocycles. The van der Waals surface area contributed by atoms with Crippen molar-refractivity contribution in [1.29, 1.82) is 0 Å². The third kappa shape index (κ3) is 5.81. The highest BCUT2D eigenvalue weighted by Crippen LogP contribution is 2.21. The second-order valence-electron chi connectivity index (χ2n) is 14.9. The minimum absolute atomic E-state index is 1.33. The zero-order valence-corrected chi connectivity index (χ0v) is 31.6. The molecule has 0 fully saturated rings. The quantitative estimate of drug-likeness (QED) is 0.176. The van der Waals surface area contributed by atoms with Gasteiger partial charge in [0.15, 0.2) is 0 Å². The summed E-state index contributed by atoms with van der Waals surface area (Å²) < 4.78 is 0. The van der Waals surface area contributed by atoms with Gasteiger partial charge >= 0.3 is 0 Å². The summed E-state index contributed by atoms with van der Waals surface area (Å²) in [4.78, 5) is 0. The second-order valence-corrected chi connectivity index (χ2v) is 34.6. The molecule has 5 heteroatoms. The molecule has 3 aromatic carbocycles. The Hall–Kier alpha value is -1.18. The van der Waals surface area contributed by atoms with Gasteiger partial charge in [-0.15, -0.1) is 11.1 Å². The minimum Gasteiger partial charge on any atom is -0.149 e. The van der Waals surface area contributed by atoms with Gasteiger partial charge in [-0.2, -0.15) is 0 Å². The van der Waals surface area contributed by atoms with Crippen molar-refractivity contribution in [1.82, 2.24) is 0 Å². The van der Waals surface area contributed by atoms with E-state index in [1.807, 2.05) is 0 Å². The van der Waals surface area contributed by atoms with Crippen molar-refractivity contribution in [3.63, 3.8) is 0 Å². The smallest absolute Gasteiger partial charge is 0.149 e. The topological polar surface area (TPSA) is 0 Å². The molecule has 0 saturated heterocycles. The molecule has 206 valence electrons. The van der Waals surface area contributed by atoms with Crippen LogP contribution in [-0.2, 0) is 0 Å². The molecular weight excluding hydrogens is 544 g/mol. The highest BCUT2D eigenvalue weighted by Gasteiger charge is 2.48. The van der Waals surface area contributed by atoms with Crippen molar-refractivity contribution in [3.05, 3.63) is 69.8 Å². The molecule has 0 amide bonds. The van der Waals surface area contributed by atoms with Crippen LogP contribution in [0, 0.1) is 41.5 Å². The first-order chi connectivity index (χ1) is 17.1. The fourth-order valence-electron chi connectivity index (χ4n) is 7.14. The summed E-state index contributed by atoms with van der Waals surface area (Å²) in [6.45, 7) is 36.3. The highest BCUT2D eigenvalue weighted by molar-refractivity contribution is 7.43. The monoisotopic (exact) mass is 594 g/mol. The fourth-order valence-corrected chi connectivity index (χ4v) is 24.4. The van der Waals surface area contributed by atoms with E-state index < -0.39 is 31.6 Å². The molecule has 0 saturated carbocycles. The first-order valence-electron chi connectivity index (χ1n) is 14.2. The standard InChI is InChI=1S/C33H51ClSi4/c1-22-16-25(4)31(35(7,8)9)28(19-22)38(34,29-20-23(2)17-26(5)32(29)36(10,11)12)30-21-24(3)18-27(6)33(30)37(13,14)15/h16-21H,1-15H3. The van der Waals surface area contributed by atoms with Crippen LogP contribution in [0.5, 0.6) is 0 Å². The first-order valence-corrected chi connectivity index (χ1v) is 27.7. The average molecular weight is 596 g/mol. The molecule has 3 aromatic rings. The van der Waals surface area contributed by atoms with Crippen LogP contribution in [0.1, 0.15) is 33.4 Å². The summed E-state index contributed by atoms with van der Waals surface area (Å²) >= 11 is 8.69. The lowest BCUT2D eigenvalue weighted by Crippen LogP contribution is -2.77. The molecule has 0 aliphatic rings. The molecule has 0 spiro atoms. The van der Waals surface area contributed by atoms with Crippen LogP contribution in [0.4, 0.5) is 0 Å². The van der Waals surface area contributed by atoms with E-state index in [1.54, 1.807) is 15.6 Å². The molecule has 0 N–H and O–H groups in total. The predicted molar refractivity (Wildman–Crippen MR) is 187 cm³/mol. The summed E-state index contributed by atoms with van der Waals surface area (Å²) in [6, 6.07) is 14.7. The number of aryl methyl sites for hydroxylation is 6. The molecule has 0 heterocycles. The van der Waals surface area contributed by atoms with Gasteiger partial charge in [-0.3, -0.25) is 0 Å². The van der Waals surface area contributed by atoms with Crippen LogP contribution in [0.25, 0.3) is 0 Å². The Labute approximate surface area is 243 Å². The van der Waals surface area contributed by atoms with Crippen LogP contribution in [-0.4, -0.2) is 31.6 Å². The Morgan fingerprint density at radius 3 is 0.789 bits per heavy atom. The zero-order valence-electron chi connectivity index (χ0n) is 26.8. The van der Waals surface area contributed by atoms with Gasteiger partial charge in [-0.25, -0.2) is 0 Å². The third-order valence-corrected chi connectivity index (χ3v) is 20.3. The van der Waals surface area contributed by atoms with Gasteiger partial charge in [0, 0.05) is 0 Å². The molecule has 0 radical (unpaired) electrons. The summed E-state index contributed by atoms with van der Waals surface area (Å²) in [5, 5.41) is 9.11. The number of hydrogen-bond donors (Lipinski definition) is 0. The Morgan fingerprint density at radius 1 is 0.395 bits per heavy atom. The SMILES string of the molecule is Cc1cc(C)c([Si](C)(C)C)c([Si](Cl)(c2cc(C)cc(C)c2[Si](C)(C)C)c2cc(C)cc(C)c2[Si](C)(C)C)c1. The lowest BCUT2D eigenvalue weighted by molar-refractivity contribution is 1.40. The minimum atomic E-state index is -2.95. The highest BCUT2D eigenvalue weighted by atomic mass is 35.6. The van der Waals surface area contributed by atoms with Gasteiger partial charge in [0.25, 0.3) is 0 Å². The van der Waals surface area contributed by atoms with Crippen molar-refractivity contribution >= 4 is 73.8 Å². The zero-order chi connectivity index (χ0) is 29.2. The van der Waals surface area contributed by atoms with Crippen LogP contribution in [0.2, 0.25) is 58.9 Å². The lowest BCUT2D eigenvalue weighted by Gasteiger charge is -2.40. The van der Waals surface area contributed by atoms with E-state index in [2.05, 4.69) is 137 Å². The Balaban J connectivity index is 2.78. The average Bonchev–Trinajstić information content (AvgIpc) is 2.67. The van der Waals surface area contributed by atoms with E-state index >= 15 is 0 Å². The predicted octanol–water partition coefficient (Wildman–Crippen LogP) is 6.38. The van der Waals surface area contributed by atoms with Gasteiger partial charge in [0.2, 0.25) is 7.38 Å². The van der Waals surface area contributed by atoms with E-state index in [4.69, 9.17) is 11.1 Å². The Bertz CT molecular complexity index is 1210. The number of rotatable bonds is 6. The van der Waals surface area contributed by atoms with E-state index in [9.17, 15) is 0 Å². The van der Waals surface area contributed by atoms with Crippen molar-refractivity contribution in [3.8, 4) is 0 Å². The normalized spacial score (nSPS) is 13.3. The Kier molecular flexibility index (Phi) is 8.53. The first kappa shape index (κ1) is 31.3. The molecule has 38 heavy (non-hydrogen) atoms. The maximum absolute atomic E-state index is 8.69. The molecule has 0 aliphatic heterocycles. The molecule has 0 atom stereocenters. The van der Waals surface area contributed by atoms with Crippen LogP contribution in [0.3, 0.4) is 0 Å². The molecule has 0 aromatic heterocycles. The summed E-state index contributed by atoms with van der Waals surface area (Å²) in [5.74, 6) is 0. The Morgan fingerprint density at radius 2 is 0.605 bits per heavy atom. The van der Waals surface area contributed by atoms with Crippen LogP contribution < -0.4 is 31.1 Å². The van der Waals surface area contributed by atoms with Crippen LogP contribution >= 0.6 is 11.1 Å². The van der Waals surface area contributed by atoms with Gasteiger partial charge in [-0.05, 0) is 57.1 Å². The van der Waals surface area contributed by atoms with E-state index in [1.165, 1.54) is 48.9 Å². The van der Waals surface area contributed by atoms with E-state index in [0.717, 1.165) is 0 Å². The summed E-state index contributed by atoms with van der Waals surface area (Å²) in [6.07, 6.45) is 0. The fraction of sp³-hybridized carbons (Fsp3) is 0.455. The lowest BCUT2D eigenvalue weighted by atomic mass is 10.1. The van der Waals surface area contributed by atoms with E-state index in [0.29, 0.717) is 0 Å². The number of hydrogen-bond acceptors (Lipinski definition) is 0. The summed E-state index contributed by atoms with van der Waals surface area (Å²) in [7, 11) is -8.14. The van der Waals surface area contributed by atoms with Gasteiger partial charge in [0.05, 0.1) is 24.2 Å². The van der Waals surface area contributed by atoms with Gasteiger partial charge in [0.1, 0.15) is 0 Å². The van der Waals surface area contributed by atoms with Gasteiger partial charge in [-0.1, -0.05) is 144 Å². The third-order valence-electron chi connectivity index (χ3n) is 7.80. The molecule has 0 bridgehead atoms. The maximum Gasteiger partial charge on any atom is 0.247 e. The largest absolute Gasteiger partial charge is 0.247 e. The number of halogens is 1.